The number of thiazole rings is 1. The molecule has 1 heterocycles. The first-order chi connectivity index (χ1) is 8.06. The highest BCUT2D eigenvalue weighted by Gasteiger charge is 2.28. The molecule has 1 aromatic heterocycles. The van der Waals surface area contributed by atoms with Crippen molar-refractivity contribution >= 4 is 11.3 Å². The maximum absolute atomic E-state index is 6.29. The Labute approximate surface area is 109 Å². The lowest BCUT2D eigenvalue weighted by Crippen LogP contribution is -2.31. The predicted molar refractivity (Wildman–Crippen MR) is 74.4 cm³/mol. The molecular formula is C14H24N2S. The molecule has 1 aromatic rings. The summed E-state index contributed by atoms with van der Waals surface area (Å²) in [5.41, 5.74) is 7.39. The number of aromatic nitrogens is 1. The molecule has 96 valence electrons. The minimum absolute atomic E-state index is 0.234. The molecule has 2 atom stereocenters. The molecule has 0 saturated carbocycles. The summed E-state index contributed by atoms with van der Waals surface area (Å²) in [5, 5.41) is 1.14. The molecule has 2 rings (SSSR count). The highest BCUT2D eigenvalue weighted by Crippen LogP contribution is 2.35. The van der Waals surface area contributed by atoms with E-state index in [-0.39, 0.29) is 5.54 Å². The van der Waals surface area contributed by atoms with Gasteiger partial charge in [0.05, 0.1) is 11.2 Å². The van der Waals surface area contributed by atoms with Gasteiger partial charge >= 0.3 is 0 Å². The SMILES string of the molecule is CCCC1CCc2nc(C(C)(N)CC)sc2C1. The molecule has 17 heavy (non-hydrogen) atoms. The average Bonchev–Trinajstić information content (AvgIpc) is 2.73. The fourth-order valence-electron chi connectivity index (χ4n) is 2.49. The van der Waals surface area contributed by atoms with Gasteiger partial charge in [0, 0.05) is 4.88 Å². The van der Waals surface area contributed by atoms with E-state index in [9.17, 15) is 0 Å². The summed E-state index contributed by atoms with van der Waals surface area (Å²) in [7, 11) is 0. The number of fused-ring (bicyclic) bond motifs is 1. The van der Waals surface area contributed by atoms with Crippen LogP contribution in [0.25, 0.3) is 0 Å². The normalized spacial score (nSPS) is 23.2. The van der Waals surface area contributed by atoms with Gasteiger partial charge in [-0.1, -0.05) is 26.7 Å². The third kappa shape index (κ3) is 2.71. The lowest BCUT2D eigenvalue weighted by molar-refractivity contribution is 0.422. The molecule has 0 saturated heterocycles. The van der Waals surface area contributed by atoms with Gasteiger partial charge in [0.1, 0.15) is 5.01 Å². The van der Waals surface area contributed by atoms with Gasteiger partial charge in [-0.2, -0.15) is 0 Å². The third-order valence-corrected chi connectivity index (χ3v) is 5.36. The van der Waals surface area contributed by atoms with Crippen LogP contribution in [0.3, 0.4) is 0 Å². The van der Waals surface area contributed by atoms with Gasteiger partial charge in [-0.3, -0.25) is 0 Å². The summed E-state index contributed by atoms with van der Waals surface area (Å²) < 4.78 is 0. The summed E-state index contributed by atoms with van der Waals surface area (Å²) in [4.78, 5) is 6.29. The zero-order chi connectivity index (χ0) is 12.5. The van der Waals surface area contributed by atoms with E-state index in [1.807, 2.05) is 11.3 Å². The third-order valence-electron chi connectivity index (χ3n) is 3.96. The number of nitrogens with two attached hydrogens (primary N) is 1. The van der Waals surface area contributed by atoms with E-state index in [4.69, 9.17) is 10.7 Å². The predicted octanol–water partition coefficient (Wildman–Crippen LogP) is 3.63. The molecule has 0 amide bonds. The van der Waals surface area contributed by atoms with Gasteiger partial charge in [-0.25, -0.2) is 4.98 Å². The minimum atomic E-state index is -0.234. The zero-order valence-corrected chi connectivity index (χ0v) is 12.1. The maximum Gasteiger partial charge on any atom is 0.113 e. The Morgan fingerprint density at radius 3 is 2.88 bits per heavy atom. The van der Waals surface area contributed by atoms with Crippen molar-refractivity contribution in [2.24, 2.45) is 11.7 Å². The molecule has 0 aromatic carbocycles. The van der Waals surface area contributed by atoms with Crippen molar-refractivity contribution in [3.63, 3.8) is 0 Å². The molecule has 0 spiro atoms. The molecule has 1 aliphatic carbocycles. The average molecular weight is 252 g/mol. The number of aryl methyl sites for hydroxylation is 1. The Balaban J connectivity index is 2.17. The summed E-state index contributed by atoms with van der Waals surface area (Å²) >= 11 is 1.86. The molecule has 2 nitrogen and oxygen atoms in total. The van der Waals surface area contributed by atoms with Gasteiger partial charge in [-0.05, 0) is 38.5 Å². The molecule has 0 radical (unpaired) electrons. The number of rotatable bonds is 4. The molecule has 2 unspecified atom stereocenters. The lowest BCUT2D eigenvalue weighted by Gasteiger charge is -2.20. The van der Waals surface area contributed by atoms with Crippen LogP contribution >= 0.6 is 11.3 Å². The summed E-state index contributed by atoms with van der Waals surface area (Å²) in [6.07, 6.45) is 7.34. The monoisotopic (exact) mass is 252 g/mol. The Morgan fingerprint density at radius 2 is 2.24 bits per heavy atom. The van der Waals surface area contributed by atoms with Crippen molar-refractivity contribution in [2.45, 2.75) is 64.8 Å². The van der Waals surface area contributed by atoms with E-state index < -0.39 is 0 Å². The van der Waals surface area contributed by atoms with Gasteiger partial charge < -0.3 is 5.73 Å². The largest absolute Gasteiger partial charge is 0.320 e. The van der Waals surface area contributed by atoms with Crippen LogP contribution in [0.5, 0.6) is 0 Å². The standard InChI is InChI=1S/C14H24N2S/c1-4-6-10-7-8-11-12(9-10)17-13(16-11)14(3,15)5-2/h10H,4-9,15H2,1-3H3. The van der Waals surface area contributed by atoms with Crippen LogP contribution in [0.15, 0.2) is 0 Å². The van der Waals surface area contributed by atoms with Gasteiger partial charge in [0.15, 0.2) is 0 Å². The molecule has 1 aliphatic rings. The van der Waals surface area contributed by atoms with Crippen LogP contribution in [-0.2, 0) is 18.4 Å². The number of hydrogen-bond donors (Lipinski definition) is 1. The van der Waals surface area contributed by atoms with Crippen molar-refractivity contribution in [3.8, 4) is 0 Å². The molecule has 3 heteroatoms. The van der Waals surface area contributed by atoms with Crippen molar-refractivity contribution < 1.29 is 0 Å². The fourth-order valence-corrected chi connectivity index (χ4v) is 3.84. The zero-order valence-electron chi connectivity index (χ0n) is 11.3. The van der Waals surface area contributed by atoms with Crippen LogP contribution in [0.4, 0.5) is 0 Å². The highest BCUT2D eigenvalue weighted by molar-refractivity contribution is 7.11. The van der Waals surface area contributed by atoms with Gasteiger partial charge in [-0.15, -0.1) is 11.3 Å². The van der Waals surface area contributed by atoms with E-state index in [1.165, 1.54) is 36.3 Å². The molecular weight excluding hydrogens is 228 g/mol. The maximum atomic E-state index is 6.29. The lowest BCUT2D eigenvalue weighted by atomic mass is 9.88. The molecule has 0 fully saturated rings. The minimum Gasteiger partial charge on any atom is -0.320 e. The van der Waals surface area contributed by atoms with E-state index in [2.05, 4.69) is 20.8 Å². The molecule has 2 N–H and O–H groups in total. The Kier molecular flexibility index (Phi) is 3.88. The second kappa shape index (κ2) is 5.07. The van der Waals surface area contributed by atoms with Gasteiger partial charge in [0.25, 0.3) is 0 Å². The first-order valence-corrected chi connectivity index (χ1v) is 7.66. The summed E-state index contributed by atoms with van der Waals surface area (Å²) in [5.74, 6) is 0.881. The Hall–Kier alpha value is -0.410. The fraction of sp³-hybridized carbons (Fsp3) is 0.786. The van der Waals surface area contributed by atoms with Crippen molar-refractivity contribution in [1.29, 1.82) is 0 Å². The van der Waals surface area contributed by atoms with E-state index in [1.54, 1.807) is 0 Å². The molecule has 0 aliphatic heterocycles. The van der Waals surface area contributed by atoms with Crippen LogP contribution < -0.4 is 5.73 Å². The van der Waals surface area contributed by atoms with Crippen LogP contribution in [-0.4, -0.2) is 4.98 Å². The number of hydrogen-bond acceptors (Lipinski definition) is 3. The van der Waals surface area contributed by atoms with Crippen LogP contribution in [0.1, 0.15) is 62.0 Å². The second-order valence-electron chi connectivity index (χ2n) is 5.56. The number of nitrogens with zero attached hydrogens (tertiary/aromatic N) is 1. The summed E-state index contributed by atoms with van der Waals surface area (Å²) in [6.45, 7) is 6.52. The molecule has 0 bridgehead atoms. The highest BCUT2D eigenvalue weighted by atomic mass is 32.1. The first kappa shape index (κ1) is 13.0. The van der Waals surface area contributed by atoms with Crippen LogP contribution in [0.2, 0.25) is 0 Å². The Morgan fingerprint density at radius 1 is 1.47 bits per heavy atom. The van der Waals surface area contributed by atoms with Crippen molar-refractivity contribution in [2.75, 3.05) is 0 Å². The first-order valence-electron chi connectivity index (χ1n) is 6.84. The quantitative estimate of drug-likeness (QED) is 0.888. The van der Waals surface area contributed by atoms with Crippen molar-refractivity contribution in [3.05, 3.63) is 15.6 Å². The van der Waals surface area contributed by atoms with Crippen molar-refractivity contribution in [1.82, 2.24) is 4.98 Å². The second-order valence-corrected chi connectivity index (χ2v) is 6.64. The van der Waals surface area contributed by atoms with E-state index >= 15 is 0 Å². The van der Waals surface area contributed by atoms with Crippen LogP contribution in [0, 0.1) is 5.92 Å². The Bertz CT molecular complexity index is 382. The van der Waals surface area contributed by atoms with E-state index in [0.29, 0.717) is 0 Å². The van der Waals surface area contributed by atoms with Gasteiger partial charge in [0.2, 0.25) is 0 Å². The van der Waals surface area contributed by atoms with E-state index in [0.717, 1.165) is 23.8 Å². The summed E-state index contributed by atoms with van der Waals surface area (Å²) in [6, 6.07) is 0. The smallest absolute Gasteiger partial charge is 0.113 e. The topological polar surface area (TPSA) is 38.9 Å².